The number of fused-ring (bicyclic) bond motifs is 1. The number of likely N-dealkylation sites (tertiary alicyclic amines) is 1. The fourth-order valence-electron chi connectivity index (χ4n) is 4.56. The Hall–Kier alpha value is -2.11. The lowest BCUT2D eigenvalue weighted by Crippen LogP contribution is -2.53. The van der Waals surface area contributed by atoms with Crippen LogP contribution in [-0.4, -0.2) is 47.9 Å². The van der Waals surface area contributed by atoms with Crippen molar-refractivity contribution in [1.29, 1.82) is 0 Å². The Bertz CT molecular complexity index is 745. The van der Waals surface area contributed by atoms with E-state index in [9.17, 15) is 0 Å². The summed E-state index contributed by atoms with van der Waals surface area (Å²) < 4.78 is 6.01. The van der Waals surface area contributed by atoms with Gasteiger partial charge in [-0.25, -0.2) is 0 Å². The normalized spacial score (nSPS) is 25.8. The van der Waals surface area contributed by atoms with Gasteiger partial charge in [0.05, 0.1) is 18.4 Å². The van der Waals surface area contributed by atoms with Crippen molar-refractivity contribution in [3.63, 3.8) is 0 Å². The zero-order valence-electron chi connectivity index (χ0n) is 15.8. The van der Waals surface area contributed by atoms with Gasteiger partial charge in [0.25, 0.3) is 0 Å². The highest BCUT2D eigenvalue weighted by Gasteiger charge is 2.35. The maximum Gasteiger partial charge on any atom is 0.128 e. The SMILES string of the molecule is C1=NC(C2CCCC2)N2C=C(CN3CC(OCc4ccccc4)C3)NC=C12. The number of allylic oxidation sites excluding steroid dienone is 1. The highest BCUT2D eigenvalue weighted by molar-refractivity contribution is 5.81. The van der Waals surface area contributed by atoms with Crippen molar-refractivity contribution >= 4 is 6.21 Å². The summed E-state index contributed by atoms with van der Waals surface area (Å²) in [5.41, 5.74) is 3.70. The Balaban J connectivity index is 1.11. The van der Waals surface area contributed by atoms with Gasteiger partial charge in [0.15, 0.2) is 0 Å². The molecular formula is C22H28N4O. The standard InChI is InChI=1S/C22H28N4O/c1-2-6-17(7-3-1)16-27-21-14-25(15-21)12-19-13-26-20(10-23-19)11-24-22(26)18-8-4-5-9-18/h1-3,6-7,10-11,13,18,21-23H,4-5,8-9,12,14-16H2. The highest BCUT2D eigenvalue weighted by atomic mass is 16.5. The lowest BCUT2D eigenvalue weighted by molar-refractivity contribution is -0.0592. The molecule has 1 unspecified atom stereocenters. The molecule has 1 atom stereocenters. The predicted octanol–water partition coefficient (Wildman–Crippen LogP) is 3.08. The van der Waals surface area contributed by atoms with Crippen LogP contribution in [0.15, 0.2) is 59.1 Å². The molecule has 1 aromatic rings. The Labute approximate surface area is 161 Å². The maximum atomic E-state index is 6.01. The van der Waals surface area contributed by atoms with Crippen molar-refractivity contribution < 1.29 is 4.74 Å². The Morgan fingerprint density at radius 3 is 2.74 bits per heavy atom. The van der Waals surface area contributed by atoms with Crippen LogP contribution in [0, 0.1) is 5.92 Å². The summed E-state index contributed by atoms with van der Waals surface area (Å²) in [6.07, 6.45) is 12.4. The molecule has 1 N–H and O–H groups in total. The molecule has 0 aromatic heterocycles. The van der Waals surface area contributed by atoms with Crippen LogP contribution < -0.4 is 5.32 Å². The molecule has 5 rings (SSSR count). The summed E-state index contributed by atoms with van der Waals surface area (Å²) in [4.78, 5) is 9.61. The molecule has 1 aliphatic carbocycles. The van der Waals surface area contributed by atoms with Gasteiger partial charge in [0.1, 0.15) is 6.17 Å². The Morgan fingerprint density at radius 2 is 1.93 bits per heavy atom. The van der Waals surface area contributed by atoms with Crippen LogP contribution in [0.2, 0.25) is 0 Å². The zero-order valence-corrected chi connectivity index (χ0v) is 15.8. The number of hydrogen-bond acceptors (Lipinski definition) is 5. The Morgan fingerprint density at radius 1 is 1.11 bits per heavy atom. The van der Waals surface area contributed by atoms with Crippen LogP contribution >= 0.6 is 0 Å². The van der Waals surface area contributed by atoms with Crippen LogP contribution in [0.25, 0.3) is 0 Å². The van der Waals surface area contributed by atoms with Crippen molar-refractivity contribution in [2.75, 3.05) is 19.6 Å². The van der Waals surface area contributed by atoms with E-state index in [0.29, 0.717) is 24.8 Å². The minimum Gasteiger partial charge on any atom is -0.371 e. The Kier molecular flexibility index (Phi) is 4.72. The first-order valence-corrected chi connectivity index (χ1v) is 10.2. The molecule has 142 valence electrons. The minimum absolute atomic E-state index is 0.314. The molecule has 27 heavy (non-hydrogen) atoms. The maximum absolute atomic E-state index is 6.01. The second-order valence-electron chi connectivity index (χ2n) is 8.12. The van der Waals surface area contributed by atoms with Crippen molar-refractivity contribution in [1.82, 2.24) is 15.1 Å². The quantitative estimate of drug-likeness (QED) is 0.842. The number of nitrogens with one attached hydrogen (secondary N) is 1. The summed E-state index contributed by atoms with van der Waals surface area (Å²) in [6.45, 7) is 3.67. The third kappa shape index (κ3) is 3.66. The van der Waals surface area contributed by atoms with Crippen LogP contribution in [-0.2, 0) is 11.3 Å². The molecule has 4 aliphatic rings. The molecule has 2 fully saturated rings. The lowest BCUT2D eigenvalue weighted by Gasteiger charge is -2.40. The molecule has 3 aliphatic heterocycles. The summed E-state index contributed by atoms with van der Waals surface area (Å²) >= 11 is 0. The first-order valence-electron chi connectivity index (χ1n) is 10.2. The van der Waals surface area contributed by atoms with Gasteiger partial charge in [-0.15, -0.1) is 0 Å². The van der Waals surface area contributed by atoms with Gasteiger partial charge < -0.3 is 15.0 Å². The van der Waals surface area contributed by atoms with E-state index in [1.54, 1.807) is 0 Å². The molecule has 0 radical (unpaired) electrons. The molecule has 1 saturated heterocycles. The van der Waals surface area contributed by atoms with Crippen LogP contribution in [0.4, 0.5) is 0 Å². The molecule has 5 nitrogen and oxygen atoms in total. The lowest BCUT2D eigenvalue weighted by atomic mass is 10.0. The molecule has 1 saturated carbocycles. The van der Waals surface area contributed by atoms with Gasteiger partial charge in [0.2, 0.25) is 0 Å². The van der Waals surface area contributed by atoms with E-state index in [1.807, 2.05) is 12.3 Å². The summed E-state index contributed by atoms with van der Waals surface area (Å²) in [6, 6.07) is 10.4. The number of nitrogens with zero attached hydrogens (tertiary/aromatic N) is 3. The number of rotatable bonds is 6. The van der Waals surface area contributed by atoms with Crippen molar-refractivity contribution in [3.8, 4) is 0 Å². The van der Waals surface area contributed by atoms with Gasteiger partial charge in [0, 0.05) is 43.9 Å². The third-order valence-corrected chi connectivity index (χ3v) is 6.11. The average Bonchev–Trinajstić information content (AvgIpc) is 3.33. The van der Waals surface area contributed by atoms with Crippen molar-refractivity contribution in [3.05, 3.63) is 59.7 Å². The predicted molar refractivity (Wildman–Crippen MR) is 107 cm³/mol. The molecule has 0 amide bonds. The van der Waals surface area contributed by atoms with Gasteiger partial charge in [-0.3, -0.25) is 9.89 Å². The van der Waals surface area contributed by atoms with Gasteiger partial charge in [-0.05, 0) is 24.3 Å². The molecule has 3 heterocycles. The topological polar surface area (TPSA) is 40.1 Å². The van der Waals surface area contributed by atoms with Gasteiger partial charge in [-0.1, -0.05) is 43.2 Å². The fourth-order valence-corrected chi connectivity index (χ4v) is 4.56. The number of ether oxygens (including phenoxy) is 1. The van der Waals surface area contributed by atoms with E-state index in [4.69, 9.17) is 9.73 Å². The van der Waals surface area contributed by atoms with Crippen LogP contribution in [0.3, 0.4) is 0 Å². The zero-order chi connectivity index (χ0) is 18.1. The monoisotopic (exact) mass is 364 g/mol. The molecule has 0 spiro atoms. The summed E-state index contributed by atoms with van der Waals surface area (Å²) in [5, 5.41) is 3.46. The summed E-state index contributed by atoms with van der Waals surface area (Å²) in [7, 11) is 0. The summed E-state index contributed by atoms with van der Waals surface area (Å²) in [5.74, 6) is 0.711. The second-order valence-corrected chi connectivity index (χ2v) is 8.12. The fraction of sp³-hybridized carbons (Fsp3) is 0.500. The first kappa shape index (κ1) is 17.0. The average molecular weight is 364 g/mol. The van der Waals surface area contributed by atoms with Crippen molar-refractivity contribution in [2.24, 2.45) is 10.9 Å². The van der Waals surface area contributed by atoms with Gasteiger partial charge in [-0.2, -0.15) is 0 Å². The van der Waals surface area contributed by atoms with E-state index in [0.717, 1.165) is 19.6 Å². The number of benzene rings is 1. The number of hydrogen-bond donors (Lipinski definition) is 1. The van der Waals surface area contributed by atoms with Crippen LogP contribution in [0.5, 0.6) is 0 Å². The third-order valence-electron chi connectivity index (χ3n) is 6.11. The van der Waals surface area contributed by atoms with E-state index in [1.165, 1.54) is 42.6 Å². The smallest absolute Gasteiger partial charge is 0.128 e. The molecule has 5 heteroatoms. The van der Waals surface area contributed by atoms with E-state index in [-0.39, 0.29) is 0 Å². The second kappa shape index (κ2) is 7.49. The van der Waals surface area contributed by atoms with Crippen molar-refractivity contribution in [2.45, 2.75) is 44.6 Å². The minimum atomic E-state index is 0.314. The highest BCUT2D eigenvalue weighted by Crippen LogP contribution is 2.35. The van der Waals surface area contributed by atoms with Gasteiger partial charge >= 0.3 is 0 Å². The molecular weight excluding hydrogens is 336 g/mol. The van der Waals surface area contributed by atoms with Crippen LogP contribution in [0.1, 0.15) is 31.2 Å². The molecule has 0 bridgehead atoms. The number of aliphatic imine (C=N–C) groups is 1. The largest absolute Gasteiger partial charge is 0.371 e. The molecule has 1 aromatic carbocycles. The van der Waals surface area contributed by atoms with E-state index < -0.39 is 0 Å². The first-order chi connectivity index (χ1) is 13.3. The van der Waals surface area contributed by atoms with E-state index >= 15 is 0 Å². The van der Waals surface area contributed by atoms with E-state index in [2.05, 4.69) is 51.8 Å².